The quantitative estimate of drug-likeness (QED) is 0.369. The fourth-order valence-corrected chi connectivity index (χ4v) is 6.17. The third kappa shape index (κ3) is 4.49. The number of hydrogen-bond donors (Lipinski definition) is 1. The fraction of sp³-hybridized carbons (Fsp3) is 0.345. The molecule has 0 spiro atoms. The molecule has 4 aromatic rings. The topological polar surface area (TPSA) is 57.8 Å². The van der Waals surface area contributed by atoms with E-state index < -0.39 is 0 Å². The first-order valence-electron chi connectivity index (χ1n) is 12.7. The van der Waals surface area contributed by atoms with Crippen molar-refractivity contribution in [2.45, 2.75) is 32.2 Å². The van der Waals surface area contributed by atoms with Crippen LogP contribution < -0.4 is 9.47 Å². The van der Waals surface area contributed by atoms with Crippen LogP contribution in [0.4, 0.5) is 0 Å². The van der Waals surface area contributed by atoms with Gasteiger partial charge < -0.3 is 19.4 Å². The van der Waals surface area contributed by atoms with Gasteiger partial charge in [0.15, 0.2) is 11.5 Å². The minimum Gasteiger partial charge on any atom is -0.454 e. The molecule has 1 saturated heterocycles. The molecule has 2 aromatic heterocycles. The van der Waals surface area contributed by atoms with Crippen molar-refractivity contribution in [1.29, 1.82) is 0 Å². The number of carbonyl (C=O) groups excluding carboxylic acids is 1. The summed E-state index contributed by atoms with van der Waals surface area (Å²) in [6, 6.07) is 14.8. The smallest absolute Gasteiger partial charge is 0.231 e. The molecule has 6 rings (SSSR count). The number of para-hydroxylation sites is 1. The molecular weight excluding hydrogens is 470 g/mol. The summed E-state index contributed by atoms with van der Waals surface area (Å²) in [6.07, 6.45) is 3.58. The molecule has 6 nitrogen and oxygen atoms in total. The molecule has 1 fully saturated rings. The molecule has 1 atom stereocenters. The predicted molar refractivity (Wildman–Crippen MR) is 143 cm³/mol. The monoisotopic (exact) mass is 501 g/mol. The molecule has 36 heavy (non-hydrogen) atoms. The van der Waals surface area contributed by atoms with Crippen molar-refractivity contribution in [3.63, 3.8) is 0 Å². The fourth-order valence-electron chi connectivity index (χ4n) is 5.46. The Bertz CT molecular complexity index is 1360. The number of aryl methyl sites for hydroxylation is 1. The summed E-state index contributed by atoms with van der Waals surface area (Å²) in [5.41, 5.74) is 6.15. The van der Waals surface area contributed by atoms with Gasteiger partial charge in [0.2, 0.25) is 12.7 Å². The van der Waals surface area contributed by atoms with Crippen LogP contribution >= 0.6 is 11.3 Å². The number of nitrogens with one attached hydrogen (secondary N) is 1. The number of thiophene rings is 1. The number of fused-ring (bicyclic) bond motifs is 2. The average Bonchev–Trinajstić information content (AvgIpc) is 3.68. The van der Waals surface area contributed by atoms with Gasteiger partial charge in [-0.2, -0.15) is 11.3 Å². The number of piperazine rings is 1. The minimum absolute atomic E-state index is 0.0521. The van der Waals surface area contributed by atoms with Crippen LogP contribution in [0.5, 0.6) is 11.5 Å². The molecule has 1 N–H and O–H groups in total. The number of H-pyrrole nitrogens is 1. The van der Waals surface area contributed by atoms with Crippen molar-refractivity contribution in [1.82, 2.24) is 14.8 Å². The lowest BCUT2D eigenvalue weighted by atomic mass is 9.89. The molecule has 2 aromatic carbocycles. The highest BCUT2D eigenvalue weighted by Gasteiger charge is 2.27. The van der Waals surface area contributed by atoms with E-state index in [-0.39, 0.29) is 11.8 Å². The summed E-state index contributed by atoms with van der Waals surface area (Å²) in [5.74, 6) is 1.92. The number of carbonyl (C=O) groups is 1. The maximum absolute atomic E-state index is 13.5. The molecule has 4 heterocycles. The van der Waals surface area contributed by atoms with Gasteiger partial charge in [0.05, 0.1) is 0 Å². The number of aromatic nitrogens is 1. The Labute approximate surface area is 215 Å². The Balaban J connectivity index is 1.14. The minimum atomic E-state index is 0.0521. The highest BCUT2D eigenvalue weighted by Crippen LogP contribution is 2.36. The van der Waals surface area contributed by atoms with E-state index in [1.54, 1.807) is 11.3 Å². The molecule has 1 unspecified atom stereocenters. The van der Waals surface area contributed by atoms with E-state index in [9.17, 15) is 4.79 Å². The van der Waals surface area contributed by atoms with Crippen molar-refractivity contribution in [2.75, 3.05) is 33.0 Å². The third-order valence-electron chi connectivity index (χ3n) is 7.48. The van der Waals surface area contributed by atoms with Crippen molar-refractivity contribution < 1.29 is 14.3 Å². The van der Waals surface area contributed by atoms with Crippen LogP contribution in [0.1, 0.15) is 41.5 Å². The van der Waals surface area contributed by atoms with Crippen molar-refractivity contribution in [3.8, 4) is 11.5 Å². The van der Waals surface area contributed by atoms with E-state index in [0.29, 0.717) is 13.2 Å². The van der Waals surface area contributed by atoms with Crippen LogP contribution in [0, 0.1) is 0 Å². The first-order chi connectivity index (χ1) is 17.7. The number of ether oxygens (including phenoxy) is 2. The van der Waals surface area contributed by atoms with Gasteiger partial charge >= 0.3 is 0 Å². The van der Waals surface area contributed by atoms with Crippen LogP contribution in [0.15, 0.2) is 59.4 Å². The molecule has 2 aliphatic rings. The Kier molecular flexibility index (Phi) is 6.42. The number of rotatable bonds is 7. The largest absolute Gasteiger partial charge is 0.454 e. The number of benzene rings is 2. The van der Waals surface area contributed by atoms with Gasteiger partial charge in [-0.15, -0.1) is 0 Å². The Morgan fingerprint density at radius 2 is 1.94 bits per heavy atom. The normalized spacial score (nSPS) is 16.5. The first kappa shape index (κ1) is 23.1. The van der Waals surface area contributed by atoms with Gasteiger partial charge in [-0.3, -0.25) is 9.69 Å². The zero-order valence-electron chi connectivity index (χ0n) is 20.5. The summed E-state index contributed by atoms with van der Waals surface area (Å²) in [6.45, 7) is 6.59. The zero-order chi connectivity index (χ0) is 24.5. The first-order valence-corrected chi connectivity index (χ1v) is 13.6. The highest BCUT2D eigenvalue weighted by molar-refractivity contribution is 7.08. The van der Waals surface area contributed by atoms with E-state index in [4.69, 9.17) is 9.47 Å². The molecular formula is C29H31N3O3S. The molecule has 0 aliphatic carbocycles. The van der Waals surface area contributed by atoms with Crippen LogP contribution in [0.2, 0.25) is 0 Å². The summed E-state index contributed by atoms with van der Waals surface area (Å²) >= 11 is 1.69. The molecule has 2 aliphatic heterocycles. The van der Waals surface area contributed by atoms with E-state index >= 15 is 0 Å². The second-order valence-electron chi connectivity index (χ2n) is 9.60. The average molecular weight is 502 g/mol. The van der Waals surface area contributed by atoms with E-state index in [1.165, 1.54) is 33.2 Å². The van der Waals surface area contributed by atoms with E-state index in [0.717, 1.165) is 50.6 Å². The molecule has 7 heteroatoms. The SMILES string of the molecule is CCc1cccc2c(C(CC(=O)N3CCN(Cc4ccc5c(c4)OCO5)CC3)c3ccsc3)c[nH]c12. The molecule has 186 valence electrons. The maximum atomic E-state index is 13.5. The maximum Gasteiger partial charge on any atom is 0.231 e. The van der Waals surface area contributed by atoms with Crippen molar-refractivity contribution in [2.24, 2.45) is 0 Å². The van der Waals surface area contributed by atoms with Crippen LogP contribution in [-0.4, -0.2) is 53.7 Å². The standard InChI is InChI=1S/C29H31N3O3S/c1-2-21-4-3-5-23-25(16-30-29(21)23)24(22-8-13-36-18-22)15-28(33)32-11-9-31(10-12-32)17-20-6-7-26-27(14-20)35-19-34-26/h3-8,13-14,16,18,24,30H,2,9-12,15,17,19H2,1H3. The van der Waals surface area contributed by atoms with Gasteiger partial charge in [-0.25, -0.2) is 0 Å². The van der Waals surface area contributed by atoms with Crippen LogP contribution in [0.25, 0.3) is 10.9 Å². The third-order valence-corrected chi connectivity index (χ3v) is 8.18. The number of hydrogen-bond acceptors (Lipinski definition) is 5. The Hall–Kier alpha value is -3.29. The van der Waals surface area contributed by atoms with Crippen LogP contribution in [-0.2, 0) is 17.8 Å². The van der Waals surface area contributed by atoms with Crippen molar-refractivity contribution >= 4 is 28.1 Å². The summed E-state index contributed by atoms with van der Waals surface area (Å²) in [5, 5.41) is 5.52. The highest BCUT2D eigenvalue weighted by atomic mass is 32.1. The van der Waals surface area contributed by atoms with Gasteiger partial charge in [-0.1, -0.05) is 31.2 Å². The molecule has 0 saturated carbocycles. The molecule has 1 amide bonds. The lowest BCUT2D eigenvalue weighted by molar-refractivity contribution is -0.133. The molecule has 0 radical (unpaired) electrons. The van der Waals surface area contributed by atoms with Gasteiger partial charge in [0.1, 0.15) is 0 Å². The Morgan fingerprint density at radius 1 is 1.08 bits per heavy atom. The lowest BCUT2D eigenvalue weighted by Gasteiger charge is -2.35. The zero-order valence-corrected chi connectivity index (χ0v) is 21.4. The van der Waals surface area contributed by atoms with Crippen LogP contribution in [0.3, 0.4) is 0 Å². The van der Waals surface area contributed by atoms with Gasteiger partial charge in [0, 0.05) is 62.2 Å². The number of amides is 1. The summed E-state index contributed by atoms with van der Waals surface area (Å²) in [7, 11) is 0. The summed E-state index contributed by atoms with van der Waals surface area (Å²) in [4.78, 5) is 21.5. The molecule has 0 bridgehead atoms. The second kappa shape index (κ2) is 9.99. The predicted octanol–water partition coefficient (Wildman–Crippen LogP) is 5.39. The number of nitrogens with zero attached hydrogens (tertiary/aromatic N) is 2. The van der Waals surface area contributed by atoms with E-state index in [1.807, 2.05) is 11.0 Å². The summed E-state index contributed by atoms with van der Waals surface area (Å²) < 4.78 is 10.9. The van der Waals surface area contributed by atoms with Gasteiger partial charge in [-0.05, 0) is 57.6 Å². The Morgan fingerprint density at radius 3 is 2.75 bits per heavy atom. The van der Waals surface area contributed by atoms with Crippen molar-refractivity contribution in [3.05, 3.63) is 81.7 Å². The van der Waals surface area contributed by atoms with Gasteiger partial charge in [0.25, 0.3) is 0 Å². The second-order valence-corrected chi connectivity index (χ2v) is 10.4. The van der Waals surface area contributed by atoms with E-state index in [2.05, 4.69) is 70.2 Å². The lowest BCUT2D eigenvalue weighted by Crippen LogP contribution is -2.48. The number of aromatic amines is 1.